The number of aromatic nitrogens is 2. The summed E-state index contributed by atoms with van der Waals surface area (Å²) in [5.41, 5.74) is 2.64. The van der Waals surface area contributed by atoms with E-state index in [1.165, 1.54) is 11.8 Å². The SMILES string of the molecule is COc1ccc2nc(SCC(=O)N(C)c3ccccc3)[nH]c2c1. The van der Waals surface area contributed by atoms with Gasteiger partial charge in [-0.2, -0.15) is 0 Å². The Balaban J connectivity index is 1.67. The fourth-order valence-electron chi connectivity index (χ4n) is 2.18. The van der Waals surface area contributed by atoms with E-state index in [1.807, 2.05) is 48.5 Å². The normalized spacial score (nSPS) is 10.7. The van der Waals surface area contributed by atoms with Crippen LogP contribution in [-0.2, 0) is 4.79 Å². The number of rotatable bonds is 5. The summed E-state index contributed by atoms with van der Waals surface area (Å²) in [4.78, 5) is 21.6. The number of anilines is 1. The fraction of sp³-hybridized carbons (Fsp3) is 0.176. The lowest BCUT2D eigenvalue weighted by atomic mass is 10.3. The number of nitrogens with one attached hydrogen (secondary N) is 1. The number of para-hydroxylation sites is 1. The summed E-state index contributed by atoms with van der Waals surface area (Å²) >= 11 is 1.39. The second-order valence-corrected chi connectivity index (χ2v) is 5.97. The van der Waals surface area contributed by atoms with Gasteiger partial charge in [-0.25, -0.2) is 4.98 Å². The molecule has 3 aromatic rings. The minimum Gasteiger partial charge on any atom is -0.497 e. The van der Waals surface area contributed by atoms with E-state index in [9.17, 15) is 4.79 Å². The van der Waals surface area contributed by atoms with E-state index in [4.69, 9.17) is 4.74 Å². The van der Waals surface area contributed by atoms with Crippen LogP contribution in [0.3, 0.4) is 0 Å². The number of aromatic amines is 1. The zero-order valence-corrected chi connectivity index (χ0v) is 13.8. The predicted molar refractivity (Wildman–Crippen MR) is 93.2 cm³/mol. The fourth-order valence-corrected chi connectivity index (χ4v) is 2.98. The Morgan fingerprint density at radius 2 is 2.04 bits per heavy atom. The zero-order valence-electron chi connectivity index (χ0n) is 12.9. The number of amides is 1. The van der Waals surface area contributed by atoms with Crippen molar-refractivity contribution < 1.29 is 9.53 Å². The summed E-state index contributed by atoms with van der Waals surface area (Å²) < 4.78 is 5.19. The van der Waals surface area contributed by atoms with E-state index < -0.39 is 0 Å². The van der Waals surface area contributed by atoms with Gasteiger partial charge in [0.05, 0.1) is 23.9 Å². The van der Waals surface area contributed by atoms with E-state index in [1.54, 1.807) is 19.1 Å². The summed E-state index contributed by atoms with van der Waals surface area (Å²) in [6.45, 7) is 0. The van der Waals surface area contributed by atoms with Crippen molar-refractivity contribution in [3.8, 4) is 5.75 Å². The number of thioether (sulfide) groups is 1. The third-order valence-corrected chi connectivity index (χ3v) is 4.38. The van der Waals surface area contributed by atoms with Crippen LogP contribution >= 0.6 is 11.8 Å². The van der Waals surface area contributed by atoms with Crippen molar-refractivity contribution in [3.63, 3.8) is 0 Å². The van der Waals surface area contributed by atoms with Gasteiger partial charge in [0.25, 0.3) is 0 Å². The average molecular weight is 327 g/mol. The lowest BCUT2D eigenvalue weighted by Crippen LogP contribution is -2.27. The van der Waals surface area contributed by atoms with E-state index in [-0.39, 0.29) is 5.91 Å². The smallest absolute Gasteiger partial charge is 0.237 e. The van der Waals surface area contributed by atoms with Gasteiger partial charge in [0, 0.05) is 18.8 Å². The Morgan fingerprint density at radius 3 is 2.78 bits per heavy atom. The molecule has 0 bridgehead atoms. The lowest BCUT2D eigenvalue weighted by molar-refractivity contribution is -0.115. The molecular formula is C17H17N3O2S. The number of benzene rings is 2. The maximum absolute atomic E-state index is 12.3. The van der Waals surface area contributed by atoms with Crippen molar-refractivity contribution >= 4 is 34.4 Å². The number of fused-ring (bicyclic) bond motifs is 1. The van der Waals surface area contributed by atoms with Crippen molar-refractivity contribution in [2.24, 2.45) is 0 Å². The lowest BCUT2D eigenvalue weighted by Gasteiger charge is -2.16. The Morgan fingerprint density at radius 1 is 1.26 bits per heavy atom. The van der Waals surface area contributed by atoms with Gasteiger partial charge in [0.1, 0.15) is 5.75 Å². The van der Waals surface area contributed by atoms with Crippen LogP contribution in [0.2, 0.25) is 0 Å². The highest BCUT2D eigenvalue weighted by atomic mass is 32.2. The van der Waals surface area contributed by atoms with Crippen molar-refractivity contribution in [1.82, 2.24) is 9.97 Å². The minimum atomic E-state index is 0.0271. The maximum Gasteiger partial charge on any atom is 0.237 e. The number of carbonyl (C=O) groups excluding carboxylic acids is 1. The number of H-pyrrole nitrogens is 1. The van der Waals surface area contributed by atoms with E-state index in [0.29, 0.717) is 5.75 Å². The predicted octanol–water partition coefficient (Wildman–Crippen LogP) is 3.33. The molecule has 0 saturated carbocycles. The Labute approximate surface area is 138 Å². The first-order chi connectivity index (χ1) is 11.2. The van der Waals surface area contributed by atoms with Crippen molar-refractivity contribution in [1.29, 1.82) is 0 Å². The second kappa shape index (κ2) is 6.75. The quantitative estimate of drug-likeness (QED) is 0.730. The first-order valence-corrected chi connectivity index (χ1v) is 8.14. The van der Waals surface area contributed by atoms with Crippen molar-refractivity contribution in [2.75, 3.05) is 24.8 Å². The molecule has 0 radical (unpaired) electrons. The standard InChI is InChI=1S/C17H17N3O2S/c1-20(12-6-4-3-5-7-12)16(21)11-23-17-18-14-9-8-13(22-2)10-15(14)19-17/h3-10H,11H2,1-2H3,(H,18,19). The first-order valence-electron chi connectivity index (χ1n) is 7.15. The van der Waals surface area contributed by atoms with E-state index in [2.05, 4.69) is 9.97 Å². The monoisotopic (exact) mass is 327 g/mol. The highest BCUT2D eigenvalue weighted by molar-refractivity contribution is 7.99. The van der Waals surface area contributed by atoms with Crippen LogP contribution in [0, 0.1) is 0 Å². The van der Waals surface area contributed by atoms with Crippen LogP contribution in [-0.4, -0.2) is 35.8 Å². The van der Waals surface area contributed by atoms with Gasteiger partial charge in [-0.3, -0.25) is 4.79 Å². The molecule has 1 N–H and O–H groups in total. The summed E-state index contributed by atoms with van der Waals surface area (Å²) in [5, 5.41) is 0.725. The van der Waals surface area contributed by atoms with Gasteiger partial charge in [0.15, 0.2) is 5.16 Å². The minimum absolute atomic E-state index is 0.0271. The Kier molecular flexibility index (Phi) is 4.52. The zero-order chi connectivity index (χ0) is 16.2. The molecule has 1 aromatic heterocycles. The third kappa shape index (κ3) is 3.48. The molecule has 3 rings (SSSR count). The molecule has 0 spiro atoms. The van der Waals surface area contributed by atoms with Crippen LogP contribution in [0.5, 0.6) is 5.75 Å². The molecule has 0 aliphatic heterocycles. The number of hydrogen-bond donors (Lipinski definition) is 1. The molecule has 1 heterocycles. The van der Waals surface area contributed by atoms with Crippen LogP contribution in [0.1, 0.15) is 0 Å². The second-order valence-electron chi connectivity index (χ2n) is 5.00. The van der Waals surface area contributed by atoms with E-state index >= 15 is 0 Å². The topological polar surface area (TPSA) is 58.2 Å². The van der Waals surface area contributed by atoms with Crippen LogP contribution < -0.4 is 9.64 Å². The number of methoxy groups -OCH3 is 1. The third-order valence-electron chi connectivity index (χ3n) is 3.52. The maximum atomic E-state index is 12.3. The number of ether oxygens (including phenoxy) is 1. The molecule has 5 nitrogen and oxygen atoms in total. The molecule has 0 aliphatic rings. The molecule has 23 heavy (non-hydrogen) atoms. The Hall–Kier alpha value is -2.47. The molecule has 0 fully saturated rings. The average Bonchev–Trinajstić information content (AvgIpc) is 3.01. The molecule has 0 aliphatic carbocycles. The molecule has 1 amide bonds. The molecule has 0 unspecified atom stereocenters. The van der Waals surface area contributed by atoms with Crippen LogP contribution in [0.25, 0.3) is 11.0 Å². The number of hydrogen-bond acceptors (Lipinski definition) is 4. The van der Waals surface area contributed by atoms with Gasteiger partial charge in [-0.1, -0.05) is 30.0 Å². The molecule has 2 aromatic carbocycles. The Bertz CT molecular complexity index is 817. The van der Waals surface area contributed by atoms with Gasteiger partial charge >= 0.3 is 0 Å². The van der Waals surface area contributed by atoms with Crippen LogP contribution in [0.15, 0.2) is 53.7 Å². The van der Waals surface area contributed by atoms with Gasteiger partial charge in [-0.15, -0.1) is 0 Å². The highest BCUT2D eigenvalue weighted by Gasteiger charge is 2.12. The number of carbonyl (C=O) groups is 1. The summed E-state index contributed by atoms with van der Waals surface area (Å²) in [6, 6.07) is 15.2. The van der Waals surface area contributed by atoms with Gasteiger partial charge < -0.3 is 14.6 Å². The van der Waals surface area contributed by atoms with Gasteiger partial charge in [-0.05, 0) is 24.3 Å². The number of nitrogens with zero attached hydrogens (tertiary/aromatic N) is 2. The van der Waals surface area contributed by atoms with Crippen molar-refractivity contribution in [2.45, 2.75) is 5.16 Å². The largest absolute Gasteiger partial charge is 0.497 e. The summed E-state index contributed by atoms with van der Waals surface area (Å²) in [6.07, 6.45) is 0. The molecule has 0 saturated heterocycles. The number of imidazole rings is 1. The summed E-state index contributed by atoms with van der Waals surface area (Å²) in [5.74, 6) is 1.12. The van der Waals surface area contributed by atoms with Gasteiger partial charge in [0.2, 0.25) is 5.91 Å². The van der Waals surface area contributed by atoms with Crippen LogP contribution in [0.4, 0.5) is 5.69 Å². The molecule has 0 atom stereocenters. The summed E-state index contributed by atoms with van der Waals surface area (Å²) in [7, 11) is 3.41. The molecular weight excluding hydrogens is 310 g/mol. The first kappa shape index (κ1) is 15.4. The molecule has 118 valence electrons. The molecule has 6 heteroatoms. The van der Waals surface area contributed by atoms with E-state index in [0.717, 1.165) is 27.6 Å². The highest BCUT2D eigenvalue weighted by Crippen LogP contribution is 2.23. The van der Waals surface area contributed by atoms with Crippen molar-refractivity contribution in [3.05, 3.63) is 48.5 Å².